The first-order valence-corrected chi connectivity index (χ1v) is 20.6. The second kappa shape index (κ2) is 15.0. The van der Waals surface area contributed by atoms with Gasteiger partial charge in [0.15, 0.2) is 19.7 Å². The second-order valence-electron chi connectivity index (χ2n) is 9.69. The van der Waals surface area contributed by atoms with Crippen molar-refractivity contribution < 1.29 is 52.3 Å². The predicted molar refractivity (Wildman–Crippen MR) is 169 cm³/mol. The Morgan fingerprint density at radius 3 is 1.72 bits per heavy atom. The molecule has 16 nitrogen and oxygen atoms in total. The third-order valence-electron chi connectivity index (χ3n) is 6.24. The molecule has 3 rings (SSSR count). The van der Waals surface area contributed by atoms with E-state index in [9.17, 15) is 52.3 Å². The molecule has 1 aromatic heterocycles. The molecular weight excluding hydrogens is 740 g/mol. The lowest BCUT2D eigenvalue weighted by Crippen LogP contribution is -2.31. The van der Waals surface area contributed by atoms with E-state index in [2.05, 4.69) is 20.3 Å². The molecule has 0 spiro atoms. The zero-order valence-electron chi connectivity index (χ0n) is 23.5. The highest BCUT2D eigenvalue weighted by atomic mass is 35.5. The van der Waals surface area contributed by atoms with Crippen molar-refractivity contribution in [3.05, 3.63) is 30.3 Å². The Kier molecular flexibility index (Phi) is 12.4. The van der Waals surface area contributed by atoms with Gasteiger partial charge in [-0.15, -0.1) is 23.2 Å². The number of hydrogen-bond acceptors (Lipinski definition) is 14. The third-order valence-corrected chi connectivity index (χ3v) is 12.2. The number of sulfone groups is 2. The van der Waals surface area contributed by atoms with Gasteiger partial charge in [0.1, 0.15) is 5.75 Å². The summed E-state index contributed by atoms with van der Waals surface area (Å²) >= 11 is 11.1. The summed E-state index contributed by atoms with van der Waals surface area (Å²) in [6.45, 7) is -0.166. The highest BCUT2D eigenvalue weighted by Crippen LogP contribution is 2.37. The van der Waals surface area contributed by atoms with Crippen molar-refractivity contribution in [3.8, 4) is 5.75 Å². The Hall–Kier alpha value is -2.66. The van der Waals surface area contributed by atoms with Gasteiger partial charge < -0.3 is 15.3 Å². The average Bonchev–Trinajstić information content (AvgIpc) is 2.90. The topological polar surface area (TPSA) is 251 Å². The molecule has 3 aromatic rings. The Morgan fingerprint density at radius 1 is 0.739 bits per heavy atom. The Bertz CT molecular complexity index is 1990. The number of nitrogens with zero attached hydrogens (tertiary/aromatic N) is 4. The number of fused-ring (bicyclic) bond motifs is 1. The Balaban J connectivity index is 2.06. The lowest BCUT2D eigenvalue weighted by atomic mass is 10.1. The summed E-state index contributed by atoms with van der Waals surface area (Å²) in [7, 11) is -16.9. The van der Waals surface area contributed by atoms with Crippen LogP contribution in [0.25, 0.3) is 10.8 Å². The molecule has 2 aromatic carbocycles. The number of aromatic hydroxyl groups is 1. The number of halogens is 3. The van der Waals surface area contributed by atoms with Gasteiger partial charge in [-0.05, 0) is 36.4 Å². The van der Waals surface area contributed by atoms with Crippen molar-refractivity contribution in [1.29, 1.82) is 0 Å². The van der Waals surface area contributed by atoms with Crippen LogP contribution >= 0.6 is 23.2 Å². The number of alkyl halides is 2. The molecule has 23 heteroatoms. The van der Waals surface area contributed by atoms with E-state index in [4.69, 9.17) is 23.2 Å². The van der Waals surface area contributed by atoms with Crippen LogP contribution in [0.5, 0.6) is 5.75 Å². The quantitative estimate of drug-likeness (QED) is 0.113. The van der Waals surface area contributed by atoms with Crippen molar-refractivity contribution in [2.24, 2.45) is 0 Å². The number of hydrogen-bond donors (Lipinski definition) is 4. The van der Waals surface area contributed by atoms with Crippen LogP contribution in [-0.4, -0.2) is 111 Å². The van der Waals surface area contributed by atoms with Crippen LogP contribution < -0.4 is 10.2 Å². The monoisotopic (exact) mass is 767 g/mol. The average molecular weight is 769 g/mol. The molecule has 0 aliphatic carbocycles. The third kappa shape index (κ3) is 10.7. The maximum absolute atomic E-state index is 14.7. The van der Waals surface area contributed by atoms with Gasteiger partial charge >= 0.3 is 6.08 Å². The molecule has 0 amide bonds. The molecule has 0 fully saturated rings. The van der Waals surface area contributed by atoms with E-state index in [1.807, 2.05) is 0 Å². The van der Waals surface area contributed by atoms with Crippen LogP contribution in [0.2, 0.25) is 0 Å². The minimum atomic E-state index is -4.94. The van der Waals surface area contributed by atoms with Gasteiger partial charge in [-0.3, -0.25) is 9.11 Å². The molecule has 0 bridgehead atoms. The van der Waals surface area contributed by atoms with Crippen LogP contribution in [0.4, 0.5) is 22.0 Å². The zero-order valence-corrected chi connectivity index (χ0v) is 28.3. The lowest BCUT2D eigenvalue weighted by Gasteiger charge is -2.23. The first kappa shape index (κ1) is 37.8. The number of rotatable bonds is 17. The number of benzene rings is 2. The van der Waals surface area contributed by atoms with Gasteiger partial charge in [-0.25, -0.2) is 16.8 Å². The fraction of sp³-hybridized carbons (Fsp3) is 0.435. The summed E-state index contributed by atoms with van der Waals surface area (Å²) in [5, 5.41) is 12.5. The SMILES string of the molecule is O=S(=O)(CCCl)CCCN(CCCS(=O)(=O)CCCl)c1nc(F)nc(Nc2cc(S(=O)(=O)O)cc3cc(S(=O)(=O)O)cc(O)c23)n1. The molecule has 0 saturated heterocycles. The van der Waals surface area contributed by atoms with E-state index in [1.165, 1.54) is 4.90 Å². The van der Waals surface area contributed by atoms with Gasteiger partial charge in [0.05, 0.1) is 38.5 Å². The molecule has 4 N–H and O–H groups in total. The van der Waals surface area contributed by atoms with Gasteiger partial charge in [-0.1, -0.05) is 0 Å². The largest absolute Gasteiger partial charge is 0.507 e. The molecule has 0 saturated carbocycles. The number of nitrogens with one attached hydrogen (secondary N) is 1. The number of phenols is 1. The summed E-state index contributed by atoms with van der Waals surface area (Å²) in [6, 6.07) is 3.09. The standard InChI is InChI=1S/C23H28Cl2FN5O11S4/c24-3-9-43(33,34)7-1-5-31(6-2-8-44(35,36)10-4-25)23-29-21(26)28-22(30-23)27-18-13-16(45(37,38)39)11-15-12-17(46(40,41)42)14-19(32)20(15)18/h11-14,32H,1-10H2,(H,37,38,39)(H,40,41,42)(H,27,28,29,30). The van der Waals surface area contributed by atoms with Gasteiger partial charge in [-0.2, -0.15) is 36.2 Å². The summed E-state index contributed by atoms with van der Waals surface area (Å²) in [5.41, 5.74) is -0.355. The Labute approximate surface area is 274 Å². The van der Waals surface area contributed by atoms with Gasteiger partial charge in [0, 0.05) is 36.3 Å². The highest BCUT2D eigenvalue weighted by molar-refractivity contribution is 7.91. The maximum atomic E-state index is 14.7. The molecular formula is C23H28Cl2FN5O11S4. The fourth-order valence-electron chi connectivity index (χ4n) is 4.19. The molecule has 0 aliphatic rings. The molecule has 0 unspecified atom stereocenters. The van der Waals surface area contributed by atoms with E-state index in [0.29, 0.717) is 6.07 Å². The minimum Gasteiger partial charge on any atom is -0.507 e. The van der Waals surface area contributed by atoms with Gasteiger partial charge in [0.2, 0.25) is 11.9 Å². The van der Waals surface area contributed by atoms with Crippen LogP contribution in [-0.2, 0) is 39.9 Å². The van der Waals surface area contributed by atoms with Crippen molar-refractivity contribution in [2.45, 2.75) is 22.6 Å². The van der Waals surface area contributed by atoms with Crippen molar-refractivity contribution in [2.75, 3.05) is 58.1 Å². The van der Waals surface area contributed by atoms with E-state index in [0.717, 1.165) is 18.2 Å². The van der Waals surface area contributed by atoms with Crippen molar-refractivity contribution in [3.63, 3.8) is 0 Å². The number of aromatic nitrogens is 3. The zero-order chi connectivity index (χ0) is 34.5. The van der Waals surface area contributed by atoms with Crippen LogP contribution in [0.15, 0.2) is 34.1 Å². The normalized spacial score (nSPS) is 12.8. The van der Waals surface area contributed by atoms with Crippen LogP contribution in [0, 0.1) is 6.08 Å². The van der Waals surface area contributed by atoms with Crippen molar-refractivity contribution >= 4 is 91.5 Å². The smallest absolute Gasteiger partial charge is 0.315 e. The van der Waals surface area contributed by atoms with Gasteiger partial charge in [0.25, 0.3) is 20.2 Å². The fourth-order valence-corrected chi connectivity index (χ4v) is 8.70. The second-order valence-corrected chi connectivity index (χ2v) is 17.9. The number of phenolic OH excluding ortho intramolecular Hbond substituents is 1. The summed E-state index contributed by atoms with van der Waals surface area (Å²) in [5.74, 6) is -3.16. The molecule has 0 aliphatic heterocycles. The Morgan fingerprint density at radius 2 is 1.24 bits per heavy atom. The summed E-state index contributed by atoms with van der Waals surface area (Å²) in [4.78, 5) is 11.0. The molecule has 256 valence electrons. The van der Waals surface area contributed by atoms with E-state index >= 15 is 0 Å². The summed E-state index contributed by atoms with van der Waals surface area (Å²) in [6.07, 6.45) is -1.38. The van der Waals surface area contributed by atoms with Crippen LogP contribution in [0.1, 0.15) is 12.8 Å². The highest BCUT2D eigenvalue weighted by Gasteiger charge is 2.22. The first-order valence-electron chi connectivity index (χ1n) is 13.0. The molecule has 1 heterocycles. The van der Waals surface area contributed by atoms with Crippen LogP contribution in [0.3, 0.4) is 0 Å². The first-order chi connectivity index (χ1) is 21.2. The molecule has 0 radical (unpaired) electrons. The molecule has 46 heavy (non-hydrogen) atoms. The van der Waals surface area contributed by atoms with E-state index < -0.39 is 67.5 Å². The number of anilines is 3. The maximum Gasteiger partial charge on any atom is 0.315 e. The van der Waals surface area contributed by atoms with Crippen molar-refractivity contribution in [1.82, 2.24) is 15.0 Å². The molecule has 0 atom stereocenters. The van der Waals surface area contributed by atoms with E-state index in [1.54, 1.807) is 0 Å². The minimum absolute atomic E-state index is 0.00523. The summed E-state index contributed by atoms with van der Waals surface area (Å²) < 4.78 is 130. The predicted octanol–water partition coefficient (Wildman–Crippen LogP) is 2.00. The lowest BCUT2D eigenvalue weighted by molar-refractivity contribution is 0.471. The van der Waals surface area contributed by atoms with E-state index in [-0.39, 0.29) is 83.1 Å².